The van der Waals surface area contributed by atoms with Crippen LogP contribution < -0.4 is 0 Å². The second-order valence-corrected chi connectivity index (χ2v) is 6.01. The van der Waals surface area contributed by atoms with Gasteiger partial charge >= 0.3 is 0 Å². The van der Waals surface area contributed by atoms with Crippen molar-refractivity contribution in [3.63, 3.8) is 0 Å². The Kier molecular flexibility index (Phi) is 5.61. The fourth-order valence-corrected chi connectivity index (χ4v) is 2.64. The summed E-state index contributed by atoms with van der Waals surface area (Å²) in [5.74, 6) is -0.0577. The van der Waals surface area contributed by atoms with Crippen molar-refractivity contribution in [1.29, 1.82) is 0 Å². The van der Waals surface area contributed by atoms with Gasteiger partial charge in [-0.25, -0.2) is 0 Å². The molecule has 0 aliphatic heterocycles. The summed E-state index contributed by atoms with van der Waals surface area (Å²) in [6.07, 6.45) is 5.05. The summed E-state index contributed by atoms with van der Waals surface area (Å²) in [6.45, 7) is 0. The van der Waals surface area contributed by atoms with Gasteiger partial charge in [0.25, 0.3) is 0 Å². The predicted molar refractivity (Wildman–Crippen MR) is 105 cm³/mol. The lowest BCUT2D eigenvalue weighted by Crippen LogP contribution is -1.93. The van der Waals surface area contributed by atoms with Gasteiger partial charge in [-0.15, -0.1) is 0 Å². The Balaban J connectivity index is 1.90. The van der Waals surface area contributed by atoms with Gasteiger partial charge in [0, 0.05) is 5.02 Å². The molecule has 0 spiro atoms. The Morgan fingerprint density at radius 3 is 1.76 bits per heavy atom. The molecule has 1 nitrogen and oxygen atoms in total. The van der Waals surface area contributed by atoms with E-state index in [4.69, 9.17) is 11.6 Å². The van der Waals surface area contributed by atoms with Gasteiger partial charge in [-0.1, -0.05) is 90.5 Å². The predicted octanol–water partition coefficient (Wildman–Crippen LogP) is 6.05. The van der Waals surface area contributed by atoms with E-state index in [2.05, 4.69) is 0 Å². The second kappa shape index (κ2) is 8.27. The van der Waals surface area contributed by atoms with Crippen LogP contribution in [0.1, 0.15) is 16.7 Å². The molecule has 0 N–H and O–H groups in total. The van der Waals surface area contributed by atoms with Gasteiger partial charge in [-0.2, -0.15) is 0 Å². The maximum absolute atomic E-state index is 12.5. The highest BCUT2D eigenvalue weighted by Crippen LogP contribution is 2.23. The van der Waals surface area contributed by atoms with Gasteiger partial charge in [0.15, 0.2) is 5.78 Å². The molecule has 3 aromatic rings. The second-order valence-electron chi connectivity index (χ2n) is 5.58. The largest absolute Gasteiger partial charge is 0.290 e. The van der Waals surface area contributed by atoms with Crippen LogP contribution in [0, 0.1) is 0 Å². The zero-order valence-electron chi connectivity index (χ0n) is 13.6. The van der Waals surface area contributed by atoms with Crippen LogP contribution in [0.2, 0.25) is 5.02 Å². The summed E-state index contributed by atoms with van der Waals surface area (Å²) in [5.41, 5.74) is 3.88. The Hall–Kier alpha value is -2.90. The van der Waals surface area contributed by atoms with E-state index < -0.39 is 0 Å². The van der Waals surface area contributed by atoms with E-state index in [0.717, 1.165) is 22.3 Å². The first-order valence-corrected chi connectivity index (χ1v) is 8.40. The molecule has 2 heteroatoms. The third-order valence-corrected chi connectivity index (χ3v) is 4.02. The minimum absolute atomic E-state index is 0.0577. The number of hydrogen-bond donors (Lipinski definition) is 0. The first kappa shape index (κ1) is 16.9. The molecule has 25 heavy (non-hydrogen) atoms. The molecule has 122 valence electrons. The molecule has 0 heterocycles. The summed E-state index contributed by atoms with van der Waals surface area (Å²) < 4.78 is 0. The maximum atomic E-state index is 12.5. The van der Waals surface area contributed by atoms with Crippen molar-refractivity contribution in [2.75, 3.05) is 0 Å². The third kappa shape index (κ3) is 4.79. The van der Waals surface area contributed by atoms with Crippen LogP contribution in [0.15, 0.2) is 97.1 Å². The number of hydrogen-bond acceptors (Lipinski definition) is 1. The quantitative estimate of drug-likeness (QED) is 0.514. The number of carbonyl (C=O) groups is 1. The molecule has 0 aliphatic carbocycles. The van der Waals surface area contributed by atoms with Crippen molar-refractivity contribution in [3.8, 4) is 0 Å². The lowest BCUT2D eigenvalue weighted by Gasteiger charge is -2.07. The van der Waals surface area contributed by atoms with Crippen molar-refractivity contribution >= 4 is 29.0 Å². The molecule has 3 aromatic carbocycles. The molecule has 0 bridgehead atoms. The van der Waals surface area contributed by atoms with Gasteiger partial charge in [-0.05, 0) is 46.5 Å². The van der Waals surface area contributed by atoms with Gasteiger partial charge in [0.1, 0.15) is 0 Å². The Morgan fingerprint density at radius 2 is 1.24 bits per heavy atom. The summed E-state index contributed by atoms with van der Waals surface area (Å²) in [6, 6.07) is 27.2. The molecule has 0 unspecified atom stereocenters. The molecule has 0 amide bonds. The van der Waals surface area contributed by atoms with Gasteiger partial charge in [0.05, 0.1) is 0 Å². The first-order valence-electron chi connectivity index (χ1n) is 8.02. The lowest BCUT2D eigenvalue weighted by molar-refractivity contribution is -0.110. The maximum Gasteiger partial charge on any atom is 0.179 e. The fraction of sp³-hybridized carbons (Fsp3) is 0. The molecule has 0 fully saturated rings. The molecular weight excluding hydrogens is 328 g/mol. The van der Waals surface area contributed by atoms with Crippen LogP contribution in [0.4, 0.5) is 0 Å². The van der Waals surface area contributed by atoms with E-state index in [1.165, 1.54) is 0 Å². The van der Waals surface area contributed by atoms with Crippen molar-refractivity contribution < 1.29 is 4.79 Å². The van der Waals surface area contributed by atoms with Crippen LogP contribution in [-0.2, 0) is 4.79 Å². The average molecular weight is 345 g/mol. The number of benzene rings is 3. The number of carbonyl (C=O) groups excluding carboxylic acids is 1. The number of rotatable bonds is 5. The van der Waals surface area contributed by atoms with Crippen molar-refractivity contribution in [3.05, 3.63) is 119 Å². The van der Waals surface area contributed by atoms with E-state index in [-0.39, 0.29) is 5.78 Å². The van der Waals surface area contributed by atoms with Gasteiger partial charge in [-0.3, -0.25) is 4.79 Å². The van der Waals surface area contributed by atoms with Crippen molar-refractivity contribution in [2.24, 2.45) is 0 Å². The van der Waals surface area contributed by atoms with E-state index in [0.29, 0.717) is 5.02 Å². The van der Waals surface area contributed by atoms with Gasteiger partial charge < -0.3 is 0 Å². The van der Waals surface area contributed by atoms with Crippen LogP contribution >= 0.6 is 11.6 Å². The molecular formula is C23H17ClO. The van der Waals surface area contributed by atoms with Crippen molar-refractivity contribution in [2.45, 2.75) is 0 Å². The summed E-state index contributed by atoms with van der Waals surface area (Å²) in [7, 11) is 0. The SMILES string of the molecule is O=C(C=C(c1ccccc1)c1ccccc1)/C=C/c1ccc(Cl)cc1. The highest BCUT2D eigenvalue weighted by Gasteiger charge is 2.06. The third-order valence-electron chi connectivity index (χ3n) is 3.77. The van der Waals surface area contributed by atoms with Crippen LogP contribution in [0.5, 0.6) is 0 Å². The van der Waals surface area contributed by atoms with Crippen LogP contribution in [0.3, 0.4) is 0 Å². The van der Waals surface area contributed by atoms with Crippen LogP contribution in [-0.4, -0.2) is 5.78 Å². The van der Waals surface area contributed by atoms with Crippen LogP contribution in [0.25, 0.3) is 11.6 Å². The molecule has 0 aromatic heterocycles. The number of ketones is 1. The molecule has 0 saturated heterocycles. The Labute approximate surface area is 152 Å². The molecule has 0 saturated carbocycles. The summed E-state index contributed by atoms with van der Waals surface area (Å²) in [5, 5.41) is 0.679. The lowest BCUT2D eigenvalue weighted by atomic mass is 9.96. The van der Waals surface area contributed by atoms with E-state index in [1.807, 2.05) is 72.8 Å². The normalized spacial score (nSPS) is 10.6. The summed E-state index contributed by atoms with van der Waals surface area (Å²) >= 11 is 5.88. The van der Waals surface area contributed by atoms with E-state index in [9.17, 15) is 4.79 Å². The Morgan fingerprint density at radius 1 is 0.720 bits per heavy atom. The zero-order chi connectivity index (χ0) is 17.5. The smallest absolute Gasteiger partial charge is 0.179 e. The van der Waals surface area contributed by atoms with Gasteiger partial charge in [0.2, 0.25) is 0 Å². The first-order chi connectivity index (χ1) is 12.2. The highest BCUT2D eigenvalue weighted by atomic mass is 35.5. The topological polar surface area (TPSA) is 17.1 Å². The minimum atomic E-state index is -0.0577. The highest BCUT2D eigenvalue weighted by molar-refractivity contribution is 6.30. The monoisotopic (exact) mass is 344 g/mol. The standard InChI is InChI=1S/C23H17ClO/c24-21-14-11-18(12-15-21)13-16-22(25)17-23(19-7-3-1-4-8-19)20-9-5-2-6-10-20/h1-17H/b16-13+. The number of halogens is 1. The fourth-order valence-electron chi connectivity index (χ4n) is 2.51. The molecule has 0 aliphatic rings. The zero-order valence-corrected chi connectivity index (χ0v) is 14.4. The molecule has 0 radical (unpaired) electrons. The average Bonchev–Trinajstić information content (AvgIpc) is 2.67. The molecule has 3 rings (SSSR count). The summed E-state index contributed by atoms with van der Waals surface area (Å²) in [4.78, 5) is 12.5. The van der Waals surface area contributed by atoms with Crippen molar-refractivity contribution in [1.82, 2.24) is 0 Å². The minimum Gasteiger partial charge on any atom is -0.290 e. The van der Waals surface area contributed by atoms with E-state index >= 15 is 0 Å². The van der Waals surface area contributed by atoms with E-state index in [1.54, 1.807) is 30.4 Å². The number of allylic oxidation sites excluding steroid dienone is 2. The Bertz CT molecular complexity index is 850. The molecule has 0 atom stereocenters.